The van der Waals surface area contributed by atoms with Crippen LogP contribution in [-0.4, -0.2) is 22.6 Å². The van der Waals surface area contributed by atoms with Gasteiger partial charge in [-0.15, -0.1) is 0 Å². The molecule has 15 aromatic rings. The second kappa shape index (κ2) is 20.7. The number of hydrogen-bond donors (Lipinski definition) is 0. The molecule has 0 bridgehead atoms. The molecule has 0 unspecified atom stereocenters. The van der Waals surface area contributed by atoms with Gasteiger partial charge < -0.3 is 23.8 Å². The number of aromatic nitrogens is 2. The van der Waals surface area contributed by atoms with Crippen LogP contribution in [0.1, 0.15) is 79.0 Å². The minimum Gasteiger partial charge on any atom is -0.312 e. The summed E-state index contributed by atoms with van der Waals surface area (Å²) in [5.41, 5.74) is 33.9. The molecule has 0 N–H and O–H groups in total. The van der Waals surface area contributed by atoms with Gasteiger partial charge in [-0.25, -0.2) is 0 Å². The molecule has 13 aromatic carbocycles. The molecular formula is C90H73B2N5. The van der Waals surface area contributed by atoms with Crippen molar-refractivity contribution in [3.05, 3.63) is 296 Å². The number of benzene rings is 13. The number of rotatable bonds is 6. The van der Waals surface area contributed by atoms with E-state index in [0.29, 0.717) is 0 Å². The summed E-state index contributed by atoms with van der Waals surface area (Å²) in [4.78, 5) is 8.03. The maximum atomic E-state index is 2.77. The van der Waals surface area contributed by atoms with Crippen LogP contribution in [0.4, 0.5) is 51.2 Å². The Kier molecular flexibility index (Phi) is 12.3. The molecule has 2 aromatic heterocycles. The molecule has 7 heteroatoms. The Hall–Kier alpha value is -11.0. The Bertz CT molecular complexity index is 5330. The third kappa shape index (κ3) is 8.59. The fourth-order valence-electron chi connectivity index (χ4n) is 16.9. The predicted octanol–water partition coefficient (Wildman–Crippen LogP) is 19.8. The normalized spacial score (nSPS) is 13.7. The van der Waals surface area contributed by atoms with Gasteiger partial charge in [-0.05, 0) is 185 Å². The van der Waals surface area contributed by atoms with Crippen molar-refractivity contribution in [3.8, 4) is 33.6 Å². The fraction of sp³-hybridized carbons (Fsp3) is 0.133. The van der Waals surface area contributed by atoms with Crippen LogP contribution >= 0.6 is 0 Å². The molecule has 0 atom stereocenters. The molecule has 4 aliphatic rings. The van der Waals surface area contributed by atoms with Crippen molar-refractivity contribution in [2.75, 3.05) is 14.7 Å². The van der Waals surface area contributed by atoms with E-state index in [1.54, 1.807) is 0 Å². The summed E-state index contributed by atoms with van der Waals surface area (Å²) < 4.78 is 4.99. The molecule has 0 fully saturated rings. The van der Waals surface area contributed by atoms with Crippen LogP contribution in [0.3, 0.4) is 0 Å². The number of para-hydroxylation sites is 4. The Morgan fingerprint density at radius 2 is 0.526 bits per heavy atom. The number of anilines is 9. The quantitative estimate of drug-likeness (QED) is 0.155. The highest BCUT2D eigenvalue weighted by Gasteiger charge is 2.52. The van der Waals surface area contributed by atoms with Crippen LogP contribution in [0.5, 0.6) is 0 Å². The van der Waals surface area contributed by atoms with E-state index >= 15 is 0 Å². The first-order chi connectivity index (χ1) is 47.0. The van der Waals surface area contributed by atoms with Gasteiger partial charge >= 0.3 is 0 Å². The van der Waals surface area contributed by atoms with Crippen LogP contribution < -0.4 is 47.5 Å². The van der Waals surface area contributed by atoms with E-state index in [2.05, 4.69) is 365 Å². The number of fused-ring (bicyclic) bond motifs is 14. The van der Waals surface area contributed by atoms with E-state index in [4.69, 9.17) is 0 Å². The molecule has 0 aliphatic carbocycles. The van der Waals surface area contributed by atoms with Crippen molar-refractivity contribution >= 4 is 141 Å². The Balaban J connectivity index is 0.923. The topological polar surface area (TPSA) is 19.6 Å². The maximum absolute atomic E-state index is 2.77. The van der Waals surface area contributed by atoms with Gasteiger partial charge in [0.2, 0.25) is 0 Å². The monoisotopic (exact) mass is 1250 g/mol. The van der Waals surface area contributed by atoms with Gasteiger partial charge in [-0.1, -0.05) is 244 Å². The first kappa shape index (κ1) is 57.4. The minimum atomic E-state index is -0.227. The van der Waals surface area contributed by atoms with Crippen molar-refractivity contribution in [1.29, 1.82) is 0 Å². The zero-order valence-corrected chi connectivity index (χ0v) is 56.4. The molecule has 6 heterocycles. The lowest BCUT2D eigenvalue weighted by Gasteiger charge is -2.51. The van der Waals surface area contributed by atoms with Gasteiger partial charge in [0, 0.05) is 84.1 Å². The first-order valence-corrected chi connectivity index (χ1v) is 34.5. The summed E-state index contributed by atoms with van der Waals surface area (Å²) >= 11 is 0. The summed E-state index contributed by atoms with van der Waals surface area (Å²) in [5.74, 6) is 0. The zero-order valence-electron chi connectivity index (χ0n) is 56.4. The van der Waals surface area contributed by atoms with Gasteiger partial charge in [0.1, 0.15) is 0 Å². The Morgan fingerprint density at radius 1 is 0.237 bits per heavy atom. The van der Waals surface area contributed by atoms with Crippen molar-refractivity contribution in [3.63, 3.8) is 0 Å². The second-order valence-electron chi connectivity index (χ2n) is 30.5. The highest BCUT2D eigenvalue weighted by molar-refractivity contribution is 7.04. The first-order valence-electron chi connectivity index (χ1n) is 34.5. The molecule has 464 valence electrons. The lowest BCUT2D eigenvalue weighted by atomic mass is 9.28. The average molecular weight is 1250 g/mol. The molecule has 0 saturated carbocycles. The van der Waals surface area contributed by atoms with Crippen molar-refractivity contribution in [1.82, 2.24) is 9.13 Å². The summed E-state index contributed by atoms with van der Waals surface area (Å²) in [7, 11) is 0. The fourth-order valence-corrected chi connectivity index (χ4v) is 16.9. The largest absolute Gasteiger partial charge is 0.312 e. The van der Waals surface area contributed by atoms with Gasteiger partial charge in [0.05, 0.1) is 22.1 Å². The van der Waals surface area contributed by atoms with E-state index in [1.807, 2.05) is 0 Å². The lowest BCUT2D eigenvalue weighted by Crippen LogP contribution is -2.68. The molecule has 5 nitrogen and oxygen atoms in total. The smallest absolute Gasteiger partial charge is 0.252 e. The van der Waals surface area contributed by atoms with Gasteiger partial charge in [0.15, 0.2) is 0 Å². The minimum absolute atomic E-state index is 0.124. The Morgan fingerprint density at radius 3 is 0.866 bits per heavy atom. The van der Waals surface area contributed by atoms with Gasteiger partial charge in [0.25, 0.3) is 13.4 Å². The summed E-state index contributed by atoms with van der Waals surface area (Å²) in [5, 5.41) is 5.00. The van der Waals surface area contributed by atoms with Gasteiger partial charge in [-0.3, -0.25) is 0 Å². The molecule has 4 aliphatic heterocycles. The zero-order chi connectivity index (χ0) is 65.5. The number of hydrogen-bond acceptors (Lipinski definition) is 3. The third-order valence-corrected chi connectivity index (χ3v) is 21.7. The molecule has 19 rings (SSSR count). The highest BCUT2D eigenvalue weighted by Crippen LogP contribution is 2.52. The van der Waals surface area contributed by atoms with E-state index in [-0.39, 0.29) is 29.7 Å². The van der Waals surface area contributed by atoms with Crippen molar-refractivity contribution < 1.29 is 0 Å². The molecule has 97 heavy (non-hydrogen) atoms. The standard InChI is InChI=1S/C90H73B2N5/c1-88(2,3)60-48-73-87-74(49-60)92-72-47-45-66(96-77-34-22-18-30-69(77)70-31-19-23-35-78(70)96)55-80(72)94(64-42-38-59(39-43-64)57-26-14-11-15-27-57)82-51-62(90(7,8)9)53-84(86(82)92)97(87)83-52-61(89(4,5)6)50-81-85(83)91(73)71-46-44-65(95-75-32-20-16-28-67(75)68-29-17-21-33-76(68)95)54-79(71)93(81)63-40-36-58(37-41-63)56-24-12-10-13-25-56/h10-55H,1-9H3. The molecule has 0 spiro atoms. The molecule has 0 amide bonds. The summed E-state index contributed by atoms with van der Waals surface area (Å²) in [6.07, 6.45) is 0. The summed E-state index contributed by atoms with van der Waals surface area (Å²) in [6.45, 7) is 21.4. The predicted molar refractivity (Wildman–Crippen MR) is 415 cm³/mol. The van der Waals surface area contributed by atoms with Crippen LogP contribution in [0.2, 0.25) is 0 Å². The van der Waals surface area contributed by atoms with E-state index < -0.39 is 0 Å². The summed E-state index contributed by atoms with van der Waals surface area (Å²) in [6, 6.07) is 106. The molecule has 0 saturated heterocycles. The van der Waals surface area contributed by atoms with Crippen molar-refractivity contribution in [2.24, 2.45) is 0 Å². The van der Waals surface area contributed by atoms with Crippen molar-refractivity contribution in [2.45, 2.75) is 78.6 Å². The number of nitrogens with zero attached hydrogens (tertiary/aromatic N) is 5. The average Bonchev–Trinajstić information content (AvgIpc) is 1.32. The van der Waals surface area contributed by atoms with Crippen LogP contribution in [0, 0.1) is 0 Å². The van der Waals surface area contributed by atoms with Crippen LogP contribution in [-0.2, 0) is 16.2 Å². The van der Waals surface area contributed by atoms with Gasteiger partial charge in [-0.2, -0.15) is 0 Å². The lowest BCUT2D eigenvalue weighted by molar-refractivity contribution is 0.589. The Labute approximate surface area is 569 Å². The SMILES string of the molecule is CC(C)(C)c1cc2c3c(c1)B1c4ccc(-n5c6ccccc6c6ccccc65)cc4N(c4ccc(-c5ccccc5)cc4)c4cc(C(C)(C)C)cc(c41)N3c1cc(C(C)(C)C)cc3c1B2c1ccc(-n2c4ccccc4c4ccccc42)cc1N3c1ccc(-c2ccccc2)cc1. The highest BCUT2D eigenvalue weighted by atomic mass is 15.2. The van der Waals surface area contributed by atoms with E-state index in [1.165, 1.54) is 155 Å². The third-order valence-electron chi connectivity index (χ3n) is 21.7. The van der Waals surface area contributed by atoms with E-state index in [0.717, 1.165) is 22.7 Å². The van der Waals surface area contributed by atoms with Crippen LogP contribution in [0.25, 0.3) is 77.2 Å². The molecule has 0 radical (unpaired) electrons. The second-order valence-corrected chi connectivity index (χ2v) is 30.5. The van der Waals surface area contributed by atoms with Crippen LogP contribution in [0.15, 0.2) is 279 Å². The van der Waals surface area contributed by atoms with E-state index in [9.17, 15) is 0 Å². The molecular weight excluding hydrogens is 1170 g/mol. The maximum Gasteiger partial charge on any atom is 0.252 e.